The Bertz CT molecular complexity index is 820. The van der Waals surface area contributed by atoms with Gasteiger partial charge in [0.2, 0.25) is 5.52 Å². The summed E-state index contributed by atoms with van der Waals surface area (Å²) in [5.41, 5.74) is 3.76. The standard InChI is InChI=1S/C20H25N2OS/c1-5-22(6-2)16-10-8-15(9-11-16)20-21(4)18-14-17(23-7-3)12-13-19(18)24-20/h8-14H,5-7H2,1-4H3/q+1. The summed E-state index contributed by atoms with van der Waals surface area (Å²) < 4.78 is 9.18. The Labute approximate surface area is 148 Å². The van der Waals surface area contributed by atoms with Gasteiger partial charge in [-0.1, -0.05) is 11.3 Å². The van der Waals surface area contributed by atoms with Gasteiger partial charge < -0.3 is 9.64 Å². The number of anilines is 1. The van der Waals surface area contributed by atoms with Crippen LogP contribution in [0.2, 0.25) is 0 Å². The van der Waals surface area contributed by atoms with Crippen molar-refractivity contribution >= 4 is 27.2 Å². The van der Waals surface area contributed by atoms with E-state index in [1.165, 1.54) is 26.5 Å². The fourth-order valence-electron chi connectivity index (χ4n) is 3.04. The minimum Gasteiger partial charge on any atom is -0.494 e. The first-order valence-electron chi connectivity index (χ1n) is 8.58. The van der Waals surface area contributed by atoms with Gasteiger partial charge in [0.25, 0.3) is 5.01 Å². The van der Waals surface area contributed by atoms with Crippen molar-refractivity contribution in [2.24, 2.45) is 7.05 Å². The lowest BCUT2D eigenvalue weighted by Crippen LogP contribution is -2.28. The Morgan fingerprint density at radius 2 is 1.71 bits per heavy atom. The van der Waals surface area contributed by atoms with E-state index in [9.17, 15) is 0 Å². The Balaban J connectivity index is 1.98. The maximum absolute atomic E-state index is 5.64. The molecule has 1 heterocycles. The van der Waals surface area contributed by atoms with E-state index in [4.69, 9.17) is 4.74 Å². The van der Waals surface area contributed by atoms with Gasteiger partial charge in [-0.25, -0.2) is 0 Å². The SMILES string of the molecule is CCOc1ccc2sc(-c3ccc(N(CC)CC)cc3)[n+](C)c2c1. The number of hydrogen-bond acceptors (Lipinski definition) is 3. The van der Waals surface area contributed by atoms with Crippen LogP contribution in [0.4, 0.5) is 5.69 Å². The Morgan fingerprint density at radius 3 is 2.33 bits per heavy atom. The van der Waals surface area contributed by atoms with Crippen molar-refractivity contribution in [2.75, 3.05) is 24.6 Å². The molecule has 3 aromatic rings. The average Bonchev–Trinajstić information content (AvgIpc) is 2.94. The van der Waals surface area contributed by atoms with Crippen LogP contribution in [0.5, 0.6) is 5.75 Å². The van der Waals surface area contributed by atoms with E-state index in [-0.39, 0.29) is 0 Å². The highest BCUT2D eigenvalue weighted by atomic mass is 32.1. The summed E-state index contributed by atoms with van der Waals surface area (Å²) in [6.45, 7) is 9.16. The van der Waals surface area contributed by atoms with Crippen LogP contribution < -0.4 is 14.2 Å². The van der Waals surface area contributed by atoms with Crippen molar-refractivity contribution < 1.29 is 9.30 Å². The predicted molar refractivity (Wildman–Crippen MR) is 103 cm³/mol. The van der Waals surface area contributed by atoms with Crippen LogP contribution in [0.25, 0.3) is 20.8 Å². The lowest BCUT2D eigenvalue weighted by Gasteiger charge is -2.20. The Morgan fingerprint density at radius 1 is 1.00 bits per heavy atom. The number of thiazole rings is 1. The average molecular weight is 342 g/mol. The van der Waals surface area contributed by atoms with Gasteiger partial charge in [-0.05, 0) is 57.2 Å². The highest BCUT2D eigenvalue weighted by Crippen LogP contribution is 2.31. The molecule has 0 fully saturated rings. The Hall–Kier alpha value is -2.07. The minimum atomic E-state index is 0.693. The molecule has 2 aromatic carbocycles. The number of nitrogens with zero attached hydrogens (tertiary/aromatic N) is 2. The van der Waals surface area contributed by atoms with Gasteiger partial charge in [0.05, 0.1) is 18.2 Å². The molecule has 0 aliphatic heterocycles. The first-order valence-corrected chi connectivity index (χ1v) is 9.40. The zero-order valence-electron chi connectivity index (χ0n) is 14.9. The first-order chi connectivity index (χ1) is 11.7. The van der Waals surface area contributed by atoms with E-state index in [0.29, 0.717) is 6.61 Å². The lowest BCUT2D eigenvalue weighted by molar-refractivity contribution is -0.629. The second-order valence-corrected chi connectivity index (χ2v) is 6.78. The van der Waals surface area contributed by atoms with Crippen molar-refractivity contribution in [1.82, 2.24) is 0 Å². The summed E-state index contributed by atoms with van der Waals surface area (Å²) >= 11 is 1.82. The van der Waals surface area contributed by atoms with Crippen LogP contribution in [0.15, 0.2) is 42.5 Å². The fourth-order valence-corrected chi connectivity index (χ4v) is 4.17. The first kappa shape index (κ1) is 16.8. The topological polar surface area (TPSA) is 16.4 Å². The molecule has 0 aliphatic rings. The lowest BCUT2D eigenvalue weighted by atomic mass is 10.2. The number of aryl methyl sites for hydroxylation is 1. The van der Waals surface area contributed by atoms with E-state index in [1.807, 2.05) is 18.3 Å². The van der Waals surface area contributed by atoms with Crippen molar-refractivity contribution in [2.45, 2.75) is 20.8 Å². The third-order valence-electron chi connectivity index (χ3n) is 4.36. The van der Waals surface area contributed by atoms with Crippen LogP contribution in [0, 0.1) is 0 Å². The molecule has 3 nitrogen and oxygen atoms in total. The van der Waals surface area contributed by atoms with E-state index in [1.54, 1.807) is 0 Å². The number of ether oxygens (including phenoxy) is 1. The summed E-state index contributed by atoms with van der Waals surface area (Å²) in [6.07, 6.45) is 0. The molecule has 24 heavy (non-hydrogen) atoms. The van der Waals surface area contributed by atoms with Gasteiger partial charge in [0.1, 0.15) is 17.5 Å². The van der Waals surface area contributed by atoms with Gasteiger partial charge in [-0.2, -0.15) is 4.57 Å². The van der Waals surface area contributed by atoms with Crippen LogP contribution in [0.3, 0.4) is 0 Å². The minimum absolute atomic E-state index is 0.693. The predicted octanol–water partition coefficient (Wildman–Crippen LogP) is 4.64. The van der Waals surface area contributed by atoms with Crippen LogP contribution in [0.1, 0.15) is 20.8 Å². The summed E-state index contributed by atoms with van der Waals surface area (Å²) in [4.78, 5) is 2.36. The van der Waals surface area contributed by atoms with E-state index in [0.717, 1.165) is 18.8 Å². The molecule has 0 atom stereocenters. The molecule has 0 radical (unpaired) electrons. The number of aromatic nitrogens is 1. The molecule has 0 spiro atoms. The molecule has 0 saturated heterocycles. The summed E-state index contributed by atoms with van der Waals surface area (Å²) in [5, 5.41) is 1.27. The molecule has 4 heteroatoms. The van der Waals surface area contributed by atoms with Crippen molar-refractivity contribution in [3.8, 4) is 16.3 Å². The molecule has 0 bridgehead atoms. The van der Waals surface area contributed by atoms with Crippen molar-refractivity contribution in [3.05, 3.63) is 42.5 Å². The van der Waals surface area contributed by atoms with Crippen LogP contribution in [-0.2, 0) is 7.05 Å². The normalized spacial score (nSPS) is 11.0. The molecule has 0 N–H and O–H groups in total. The highest BCUT2D eigenvalue weighted by molar-refractivity contribution is 7.21. The van der Waals surface area contributed by atoms with Gasteiger partial charge in [-0.15, -0.1) is 0 Å². The largest absolute Gasteiger partial charge is 0.494 e. The van der Waals surface area contributed by atoms with Gasteiger partial charge in [0.15, 0.2) is 0 Å². The van der Waals surface area contributed by atoms with E-state index < -0.39 is 0 Å². The van der Waals surface area contributed by atoms with Crippen LogP contribution in [-0.4, -0.2) is 19.7 Å². The van der Waals surface area contributed by atoms with E-state index in [2.05, 4.69) is 72.8 Å². The number of hydrogen-bond donors (Lipinski definition) is 0. The zero-order valence-corrected chi connectivity index (χ0v) is 15.7. The maximum atomic E-state index is 5.64. The van der Waals surface area contributed by atoms with Gasteiger partial charge in [-0.3, -0.25) is 0 Å². The smallest absolute Gasteiger partial charge is 0.269 e. The number of fused-ring (bicyclic) bond motifs is 1. The zero-order chi connectivity index (χ0) is 17.1. The van der Waals surface area contributed by atoms with Gasteiger partial charge in [0, 0.05) is 18.8 Å². The monoisotopic (exact) mass is 341 g/mol. The maximum Gasteiger partial charge on any atom is 0.269 e. The molecule has 0 saturated carbocycles. The molecule has 1 aromatic heterocycles. The molecule has 3 rings (SSSR count). The molecule has 0 aliphatic carbocycles. The quantitative estimate of drug-likeness (QED) is 0.607. The molecular weight excluding hydrogens is 316 g/mol. The Kier molecular flexibility index (Phi) is 5.05. The molecule has 126 valence electrons. The second-order valence-electron chi connectivity index (χ2n) is 5.75. The fraction of sp³-hybridized carbons (Fsp3) is 0.350. The third-order valence-corrected chi connectivity index (χ3v) is 5.62. The molecular formula is C20H25N2OS+. The van der Waals surface area contributed by atoms with Crippen molar-refractivity contribution in [3.63, 3.8) is 0 Å². The molecule has 0 amide bonds. The number of benzene rings is 2. The highest BCUT2D eigenvalue weighted by Gasteiger charge is 2.19. The van der Waals surface area contributed by atoms with Crippen molar-refractivity contribution in [1.29, 1.82) is 0 Å². The number of rotatable bonds is 6. The third kappa shape index (κ3) is 3.11. The van der Waals surface area contributed by atoms with E-state index >= 15 is 0 Å². The molecule has 0 unspecified atom stereocenters. The second kappa shape index (κ2) is 7.22. The summed E-state index contributed by atoms with van der Waals surface area (Å²) in [7, 11) is 2.13. The summed E-state index contributed by atoms with van der Waals surface area (Å²) in [5.74, 6) is 0.932. The van der Waals surface area contributed by atoms with Gasteiger partial charge >= 0.3 is 0 Å². The summed E-state index contributed by atoms with van der Waals surface area (Å²) in [6, 6.07) is 15.2. The van der Waals surface area contributed by atoms with Crippen LogP contribution >= 0.6 is 11.3 Å².